The Bertz CT molecular complexity index is 567. The molecule has 1 amide bonds. The monoisotopic (exact) mass is 319 g/mol. The zero-order chi connectivity index (χ0) is 15.6. The van der Waals surface area contributed by atoms with E-state index in [1.54, 1.807) is 0 Å². The fraction of sp³-hybridized carbons (Fsp3) is 0.812. The molecule has 1 unspecified atom stereocenters. The van der Waals surface area contributed by atoms with Crippen LogP contribution in [0.15, 0.2) is 0 Å². The first-order valence-corrected chi connectivity index (χ1v) is 8.81. The first-order valence-electron chi connectivity index (χ1n) is 8.81. The van der Waals surface area contributed by atoms with E-state index in [1.807, 2.05) is 4.90 Å². The molecule has 0 saturated carbocycles. The molecule has 3 aliphatic rings. The van der Waals surface area contributed by atoms with Gasteiger partial charge in [0, 0.05) is 32.6 Å². The molecule has 2 saturated heterocycles. The summed E-state index contributed by atoms with van der Waals surface area (Å²) in [5.41, 5.74) is 0. The van der Waals surface area contributed by atoms with Crippen molar-refractivity contribution in [1.82, 2.24) is 24.6 Å². The van der Waals surface area contributed by atoms with Gasteiger partial charge in [0.25, 0.3) is 0 Å². The second-order valence-corrected chi connectivity index (χ2v) is 6.80. The minimum atomic E-state index is 0.128. The molecular formula is C16H25N5O2. The lowest BCUT2D eigenvalue weighted by Gasteiger charge is -2.36. The predicted molar refractivity (Wildman–Crippen MR) is 83.7 cm³/mol. The van der Waals surface area contributed by atoms with Crippen LogP contribution in [0.2, 0.25) is 0 Å². The molecule has 0 spiro atoms. The van der Waals surface area contributed by atoms with Gasteiger partial charge < -0.3 is 14.2 Å². The fourth-order valence-corrected chi connectivity index (χ4v) is 3.97. The highest BCUT2D eigenvalue weighted by molar-refractivity contribution is 5.79. The molecule has 0 aromatic carbocycles. The third-order valence-electron chi connectivity index (χ3n) is 5.23. The molecule has 4 rings (SSSR count). The average molecular weight is 319 g/mol. The number of carbonyl (C=O) groups excluding carboxylic acids is 1. The summed E-state index contributed by atoms with van der Waals surface area (Å²) in [4.78, 5) is 17.1. The van der Waals surface area contributed by atoms with E-state index in [-0.39, 0.29) is 5.92 Å². The summed E-state index contributed by atoms with van der Waals surface area (Å²) in [5, 5.41) is 8.64. The van der Waals surface area contributed by atoms with Crippen LogP contribution in [-0.4, -0.2) is 69.9 Å². The summed E-state index contributed by atoms with van der Waals surface area (Å²) >= 11 is 0. The van der Waals surface area contributed by atoms with Crippen LogP contribution in [-0.2, 0) is 29.0 Å². The molecule has 7 nitrogen and oxygen atoms in total. The van der Waals surface area contributed by atoms with E-state index in [4.69, 9.17) is 4.74 Å². The van der Waals surface area contributed by atoms with Crippen LogP contribution < -0.4 is 0 Å². The van der Waals surface area contributed by atoms with Gasteiger partial charge in [-0.2, -0.15) is 0 Å². The van der Waals surface area contributed by atoms with Crippen LogP contribution >= 0.6 is 0 Å². The largest absolute Gasteiger partial charge is 0.378 e. The minimum absolute atomic E-state index is 0.128. The summed E-state index contributed by atoms with van der Waals surface area (Å²) in [5.74, 6) is 2.63. The number of nitrogens with zero attached hydrogens (tertiary/aromatic N) is 5. The van der Waals surface area contributed by atoms with Crippen molar-refractivity contribution in [2.24, 2.45) is 5.92 Å². The molecule has 2 fully saturated rings. The Labute approximate surface area is 136 Å². The van der Waals surface area contributed by atoms with E-state index in [1.165, 1.54) is 6.42 Å². The number of likely N-dealkylation sites (tertiary alicyclic amines) is 1. The average Bonchev–Trinajstić information content (AvgIpc) is 3.20. The lowest BCUT2D eigenvalue weighted by atomic mass is 9.96. The molecule has 1 aromatic rings. The minimum Gasteiger partial charge on any atom is -0.378 e. The van der Waals surface area contributed by atoms with Gasteiger partial charge in [-0.15, -0.1) is 10.2 Å². The van der Waals surface area contributed by atoms with Crippen molar-refractivity contribution in [2.45, 2.75) is 38.8 Å². The second-order valence-electron chi connectivity index (χ2n) is 6.80. The van der Waals surface area contributed by atoms with Crippen LogP contribution in [0.25, 0.3) is 0 Å². The summed E-state index contributed by atoms with van der Waals surface area (Å²) in [6.07, 6.45) is 4.31. The quantitative estimate of drug-likeness (QED) is 0.801. The van der Waals surface area contributed by atoms with Crippen molar-refractivity contribution in [2.75, 3.05) is 39.4 Å². The van der Waals surface area contributed by atoms with Gasteiger partial charge >= 0.3 is 0 Å². The van der Waals surface area contributed by atoms with Crippen molar-refractivity contribution in [3.63, 3.8) is 0 Å². The van der Waals surface area contributed by atoms with E-state index in [0.717, 1.165) is 70.2 Å². The third-order valence-corrected chi connectivity index (χ3v) is 5.23. The Balaban J connectivity index is 1.37. The van der Waals surface area contributed by atoms with Gasteiger partial charge in [0.15, 0.2) is 0 Å². The van der Waals surface area contributed by atoms with E-state index < -0.39 is 0 Å². The molecule has 7 heteroatoms. The fourth-order valence-electron chi connectivity index (χ4n) is 3.97. The molecule has 3 aliphatic heterocycles. The van der Waals surface area contributed by atoms with Gasteiger partial charge in [0.05, 0.1) is 25.7 Å². The van der Waals surface area contributed by atoms with Crippen LogP contribution in [0.5, 0.6) is 0 Å². The van der Waals surface area contributed by atoms with E-state index in [9.17, 15) is 4.79 Å². The Morgan fingerprint density at radius 2 is 2.00 bits per heavy atom. The lowest BCUT2D eigenvalue weighted by Crippen LogP contribution is -2.48. The smallest absolute Gasteiger partial charge is 0.227 e. The molecule has 1 aromatic heterocycles. The maximum absolute atomic E-state index is 12.7. The number of fused-ring (bicyclic) bond motifs is 1. The molecule has 23 heavy (non-hydrogen) atoms. The maximum Gasteiger partial charge on any atom is 0.227 e. The maximum atomic E-state index is 12.7. The molecule has 0 aliphatic carbocycles. The van der Waals surface area contributed by atoms with Crippen LogP contribution in [0.3, 0.4) is 0 Å². The molecular weight excluding hydrogens is 294 g/mol. The van der Waals surface area contributed by atoms with Crippen LogP contribution in [0.1, 0.15) is 30.9 Å². The molecule has 0 bridgehead atoms. The van der Waals surface area contributed by atoms with Crippen molar-refractivity contribution >= 4 is 5.91 Å². The zero-order valence-electron chi connectivity index (χ0n) is 13.6. The normalized spacial score (nSPS) is 25.6. The number of aryl methyl sites for hydroxylation is 1. The van der Waals surface area contributed by atoms with Crippen molar-refractivity contribution < 1.29 is 9.53 Å². The van der Waals surface area contributed by atoms with Gasteiger partial charge in [-0.25, -0.2) is 0 Å². The molecule has 0 radical (unpaired) electrons. The summed E-state index contributed by atoms with van der Waals surface area (Å²) in [7, 11) is 0. The number of amides is 1. The number of rotatable bonds is 3. The second kappa shape index (κ2) is 6.57. The Morgan fingerprint density at radius 1 is 1.13 bits per heavy atom. The topological polar surface area (TPSA) is 63.5 Å². The van der Waals surface area contributed by atoms with Crippen LogP contribution in [0.4, 0.5) is 0 Å². The number of carbonyl (C=O) groups is 1. The summed E-state index contributed by atoms with van der Waals surface area (Å²) < 4.78 is 7.61. The number of hydrogen-bond donors (Lipinski definition) is 0. The Kier molecular flexibility index (Phi) is 4.31. The number of piperidine rings is 1. The van der Waals surface area contributed by atoms with E-state index >= 15 is 0 Å². The number of aromatic nitrogens is 3. The van der Waals surface area contributed by atoms with Gasteiger partial charge in [-0.1, -0.05) is 0 Å². The van der Waals surface area contributed by atoms with E-state index in [2.05, 4.69) is 19.7 Å². The first-order chi connectivity index (χ1) is 11.3. The van der Waals surface area contributed by atoms with Crippen molar-refractivity contribution in [3.05, 3.63) is 11.6 Å². The highest BCUT2D eigenvalue weighted by Gasteiger charge is 2.31. The molecule has 0 N–H and O–H groups in total. The predicted octanol–water partition coefficient (Wildman–Crippen LogP) is 0.295. The lowest BCUT2D eigenvalue weighted by molar-refractivity contribution is -0.141. The SMILES string of the molecule is O=C(C1CCCN(Cc2nnc3n2CCC3)C1)N1CCOCC1. The van der Waals surface area contributed by atoms with Crippen LogP contribution in [0, 0.1) is 5.92 Å². The molecule has 1 atom stereocenters. The van der Waals surface area contributed by atoms with Crippen molar-refractivity contribution in [1.29, 1.82) is 0 Å². The first kappa shape index (κ1) is 15.1. The number of ether oxygens (including phenoxy) is 1. The van der Waals surface area contributed by atoms with Crippen molar-refractivity contribution in [3.8, 4) is 0 Å². The number of hydrogen-bond acceptors (Lipinski definition) is 5. The van der Waals surface area contributed by atoms with Gasteiger partial charge in [0.2, 0.25) is 5.91 Å². The molecule has 126 valence electrons. The zero-order valence-corrected chi connectivity index (χ0v) is 13.6. The van der Waals surface area contributed by atoms with Gasteiger partial charge in [-0.3, -0.25) is 9.69 Å². The molecule has 4 heterocycles. The summed E-state index contributed by atoms with van der Waals surface area (Å²) in [6.45, 7) is 6.59. The van der Waals surface area contributed by atoms with Gasteiger partial charge in [-0.05, 0) is 25.8 Å². The highest BCUT2D eigenvalue weighted by Crippen LogP contribution is 2.22. The third kappa shape index (κ3) is 3.12. The van der Waals surface area contributed by atoms with E-state index in [0.29, 0.717) is 19.1 Å². The van der Waals surface area contributed by atoms with Gasteiger partial charge in [0.1, 0.15) is 11.6 Å². The standard InChI is InChI=1S/C16H25N5O2/c22-16(20-7-9-23-10-8-20)13-3-1-5-19(11-13)12-15-18-17-14-4-2-6-21(14)15/h13H,1-12H2. The highest BCUT2D eigenvalue weighted by atomic mass is 16.5. The Morgan fingerprint density at radius 3 is 2.87 bits per heavy atom. The summed E-state index contributed by atoms with van der Waals surface area (Å²) in [6, 6.07) is 0. The number of morpholine rings is 1. The Hall–Kier alpha value is -1.47.